The first-order valence-electron chi connectivity index (χ1n) is 8.28. The number of rotatable bonds is 8. The number of hydrogen-bond acceptors (Lipinski definition) is 3. The van der Waals surface area contributed by atoms with Crippen molar-refractivity contribution in [3.8, 4) is 0 Å². The van der Waals surface area contributed by atoms with E-state index in [2.05, 4.69) is 10.6 Å². The SMILES string of the molecule is CN(CC(=O)NCCc1ccc(F)cc1)CC(=O)Nc1c(Cl)cccc1Cl. The molecule has 0 atom stereocenters. The number of nitrogens with one attached hydrogen (secondary N) is 2. The largest absolute Gasteiger partial charge is 0.355 e. The van der Waals surface area contributed by atoms with Gasteiger partial charge in [-0.1, -0.05) is 41.4 Å². The summed E-state index contributed by atoms with van der Waals surface area (Å²) in [7, 11) is 1.66. The number of nitrogens with zero attached hydrogens (tertiary/aromatic N) is 1. The molecule has 2 amide bonds. The molecule has 0 heterocycles. The van der Waals surface area contributed by atoms with Crippen LogP contribution >= 0.6 is 23.2 Å². The Balaban J connectivity index is 1.72. The highest BCUT2D eigenvalue weighted by Gasteiger charge is 2.13. The average molecular weight is 412 g/mol. The van der Waals surface area contributed by atoms with Crippen LogP contribution in [0.15, 0.2) is 42.5 Å². The molecule has 5 nitrogen and oxygen atoms in total. The van der Waals surface area contributed by atoms with Crippen LogP contribution in [0.5, 0.6) is 0 Å². The topological polar surface area (TPSA) is 61.4 Å². The second-order valence-corrected chi connectivity index (χ2v) is 6.86. The predicted molar refractivity (Wildman–Crippen MR) is 106 cm³/mol. The third-order valence-electron chi connectivity index (χ3n) is 3.70. The van der Waals surface area contributed by atoms with Crippen molar-refractivity contribution >= 4 is 40.7 Å². The minimum absolute atomic E-state index is 0.00688. The van der Waals surface area contributed by atoms with Gasteiger partial charge < -0.3 is 10.6 Å². The monoisotopic (exact) mass is 411 g/mol. The molecule has 0 spiro atoms. The minimum Gasteiger partial charge on any atom is -0.355 e. The fourth-order valence-electron chi connectivity index (χ4n) is 2.40. The van der Waals surface area contributed by atoms with Gasteiger partial charge >= 0.3 is 0 Å². The fourth-order valence-corrected chi connectivity index (χ4v) is 2.89. The standard InChI is InChI=1S/C19H20Cl2FN3O2/c1-25(12-18(27)24-19-15(20)3-2-4-16(19)21)11-17(26)23-10-9-13-5-7-14(22)8-6-13/h2-8H,9-12H2,1H3,(H,23,26)(H,24,27). The summed E-state index contributed by atoms with van der Waals surface area (Å²) in [5, 5.41) is 6.10. The Morgan fingerprint density at radius 1 is 1.00 bits per heavy atom. The van der Waals surface area contributed by atoms with Crippen molar-refractivity contribution in [2.75, 3.05) is 32.0 Å². The fraction of sp³-hybridized carbons (Fsp3) is 0.263. The summed E-state index contributed by atoms with van der Waals surface area (Å²) in [4.78, 5) is 25.6. The molecule has 0 saturated carbocycles. The third kappa shape index (κ3) is 7.17. The number of amides is 2. The van der Waals surface area contributed by atoms with Crippen LogP contribution in [0.2, 0.25) is 10.0 Å². The Morgan fingerprint density at radius 3 is 2.22 bits per heavy atom. The number of hydrogen-bond donors (Lipinski definition) is 2. The maximum absolute atomic E-state index is 12.8. The van der Waals surface area contributed by atoms with Gasteiger partial charge in [0.1, 0.15) is 5.82 Å². The molecule has 144 valence electrons. The summed E-state index contributed by atoms with van der Waals surface area (Å²) in [6, 6.07) is 11.1. The molecule has 0 aliphatic heterocycles. The highest BCUT2D eigenvalue weighted by Crippen LogP contribution is 2.29. The number of likely N-dealkylation sites (N-methyl/N-ethyl adjacent to an activating group) is 1. The van der Waals surface area contributed by atoms with Gasteiger partial charge in [-0.05, 0) is 43.3 Å². The molecule has 0 bridgehead atoms. The lowest BCUT2D eigenvalue weighted by Gasteiger charge is -2.16. The molecule has 0 aromatic heterocycles. The van der Waals surface area contributed by atoms with Gasteiger partial charge in [-0.2, -0.15) is 0 Å². The molecule has 2 N–H and O–H groups in total. The molecule has 0 radical (unpaired) electrons. The first-order valence-corrected chi connectivity index (χ1v) is 9.04. The molecule has 8 heteroatoms. The van der Waals surface area contributed by atoms with E-state index in [0.29, 0.717) is 28.7 Å². The molecule has 27 heavy (non-hydrogen) atoms. The van der Waals surface area contributed by atoms with Gasteiger partial charge in [0.05, 0.1) is 28.8 Å². The smallest absolute Gasteiger partial charge is 0.238 e. The van der Waals surface area contributed by atoms with Crippen molar-refractivity contribution in [2.45, 2.75) is 6.42 Å². The Kier molecular flexibility index (Phi) is 8.03. The third-order valence-corrected chi connectivity index (χ3v) is 4.33. The average Bonchev–Trinajstić information content (AvgIpc) is 2.60. The van der Waals surface area contributed by atoms with Gasteiger partial charge in [-0.15, -0.1) is 0 Å². The van der Waals surface area contributed by atoms with Crippen LogP contribution in [-0.2, 0) is 16.0 Å². The van der Waals surface area contributed by atoms with E-state index in [1.807, 2.05) is 0 Å². The second-order valence-electron chi connectivity index (χ2n) is 6.04. The predicted octanol–water partition coefficient (Wildman–Crippen LogP) is 3.36. The number of carbonyl (C=O) groups excluding carboxylic acids is 2. The van der Waals surface area contributed by atoms with Gasteiger partial charge in [0.2, 0.25) is 11.8 Å². The van der Waals surface area contributed by atoms with Crippen LogP contribution in [0.4, 0.5) is 10.1 Å². The molecule has 2 aromatic carbocycles. The van der Waals surface area contributed by atoms with Crippen LogP contribution in [0.1, 0.15) is 5.56 Å². The van der Waals surface area contributed by atoms with E-state index >= 15 is 0 Å². The first kappa shape index (κ1) is 21.2. The van der Waals surface area contributed by atoms with Crippen LogP contribution in [0.25, 0.3) is 0 Å². The van der Waals surface area contributed by atoms with Crippen molar-refractivity contribution in [3.05, 3.63) is 63.9 Å². The molecular weight excluding hydrogens is 392 g/mol. The summed E-state index contributed by atoms with van der Waals surface area (Å²) >= 11 is 12.0. The normalized spacial score (nSPS) is 10.7. The zero-order valence-corrected chi connectivity index (χ0v) is 16.3. The lowest BCUT2D eigenvalue weighted by atomic mass is 10.1. The molecular formula is C19H20Cl2FN3O2. The van der Waals surface area contributed by atoms with Crippen LogP contribution in [-0.4, -0.2) is 43.4 Å². The number of para-hydroxylation sites is 1. The molecule has 0 unspecified atom stereocenters. The van der Waals surface area contributed by atoms with Crippen molar-refractivity contribution in [1.82, 2.24) is 10.2 Å². The Morgan fingerprint density at radius 2 is 1.59 bits per heavy atom. The quantitative estimate of drug-likeness (QED) is 0.699. The minimum atomic E-state index is -0.327. The Bertz CT molecular complexity index is 780. The molecule has 2 aromatic rings. The zero-order chi connectivity index (χ0) is 19.8. The summed E-state index contributed by atoms with van der Waals surface area (Å²) < 4.78 is 12.8. The molecule has 0 fully saturated rings. The maximum atomic E-state index is 12.8. The van der Waals surface area contributed by atoms with Gasteiger partial charge in [0.25, 0.3) is 0 Å². The maximum Gasteiger partial charge on any atom is 0.238 e. The van der Waals surface area contributed by atoms with E-state index in [1.54, 1.807) is 42.3 Å². The van der Waals surface area contributed by atoms with Gasteiger partial charge in [0.15, 0.2) is 0 Å². The number of halogens is 3. The van der Waals surface area contributed by atoms with Crippen LogP contribution in [0.3, 0.4) is 0 Å². The van der Waals surface area contributed by atoms with E-state index in [-0.39, 0.29) is 30.7 Å². The number of carbonyl (C=O) groups is 2. The van der Waals surface area contributed by atoms with Crippen molar-refractivity contribution < 1.29 is 14.0 Å². The van der Waals surface area contributed by atoms with Crippen LogP contribution < -0.4 is 10.6 Å². The summed E-state index contributed by atoms with van der Waals surface area (Å²) in [5.74, 6) is -0.824. The van der Waals surface area contributed by atoms with E-state index < -0.39 is 0 Å². The molecule has 0 saturated heterocycles. The van der Waals surface area contributed by atoms with Crippen LogP contribution in [0, 0.1) is 5.82 Å². The van der Waals surface area contributed by atoms with Crippen molar-refractivity contribution in [1.29, 1.82) is 0 Å². The van der Waals surface area contributed by atoms with Crippen molar-refractivity contribution in [3.63, 3.8) is 0 Å². The number of anilines is 1. The summed E-state index contributed by atoms with van der Waals surface area (Å²) in [6.45, 7) is 0.500. The second kappa shape index (κ2) is 10.3. The number of benzene rings is 2. The molecule has 0 aliphatic carbocycles. The Hall–Kier alpha value is -2.15. The lowest BCUT2D eigenvalue weighted by molar-refractivity contribution is -0.122. The molecule has 0 aliphatic rings. The highest BCUT2D eigenvalue weighted by atomic mass is 35.5. The van der Waals surface area contributed by atoms with Gasteiger partial charge in [-0.3, -0.25) is 14.5 Å². The van der Waals surface area contributed by atoms with E-state index in [1.165, 1.54) is 12.1 Å². The molecule has 2 rings (SSSR count). The van der Waals surface area contributed by atoms with Gasteiger partial charge in [0, 0.05) is 6.54 Å². The van der Waals surface area contributed by atoms with E-state index in [0.717, 1.165) is 5.56 Å². The first-order chi connectivity index (χ1) is 12.8. The lowest BCUT2D eigenvalue weighted by Crippen LogP contribution is -2.39. The Labute approximate surface area is 167 Å². The van der Waals surface area contributed by atoms with Crippen molar-refractivity contribution in [2.24, 2.45) is 0 Å². The van der Waals surface area contributed by atoms with E-state index in [9.17, 15) is 14.0 Å². The summed E-state index contributed by atoms with van der Waals surface area (Å²) in [6.07, 6.45) is 0.598. The highest BCUT2D eigenvalue weighted by molar-refractivity contribution is 6.39. The van der Waals surface area contributed by atoms with E-state index in [4.69, 9.17) is 23.2 Å². The summed E-state index contributed by atoms with van der Waals surface area (Å²) in [5.41, 5.74) is 1.28. The zero-order valence-electron chi connectivity index (χ0n) is 14.8. The van der Waals surface area contributed by atoms with Gasteiger partial charge in [-0.25, -0.2) is 4.39 Å².